The maximum Gasteiger partial charge on any atom is 0.343 e. The van der Waals surface area contributed by atoms with Gasteiger partial charge in [0, 0.05) is 64.6 Å². The van der Waals surface area contributed by atoms with Crippen LogP contribution in [0.1, 0.15) is 44.1 Å². The molecule has 0 N–H and O–H groups in total. The third-order valence-electron chi connectivity index (χ3n) is 12.2. The molecule has 2 aliphatic carbocycles. The summed E-state index contributed by atoms with van der Waals surface area (Å²) in [5.41, 5.74) is 9.07. The van der Waals surface area contributed by atoms with Gasteiger partial charge in [-0.2, -0.15) is 0 Å². The zero-order valence-electron chi connectivity index (χ0n) is 33.8. The number of rotatable bonds is 6. The fraction of sp³-hybridized carbons (Fsp3) is 0.160. The zero-order chi connectivity index (χ0) is 41.5. The number of ether oxygens (including phenoxy) is 2. The molecule has 12 heteroatoms. The molecule has 8 aromatic rings. The molecule has 62 heavy (non-hydrogen) atoms. The fourth-order valence-corrected chi connectivity index (χ4v) is 9.44. The lowest BCUT2D eigenvalue weighted by atomic mass is 9.94. The van der Waals surface area contributed by atoms with E-state index in [-0.39, 0.29) is 5.92 Å². The van der Waals surface area contributed by atoms with Crippen molar-refractivity contribution in [1.29, 1.82) is 0 Å². The lowest BCUT2D eigenvalue weighted by molar-refractivity contribution is -0.135. The van der Waals surface area contributed by atoms with Gasteiger partial charge in [-0.05, 0) is 72.7 Å². The summed E-state index contributed by atoms with van der Waals surface area (Å²) < 4.78 is 17.6. The number of hydrogen-bond donors (Lipinski definition) is 0. The van der Waals surface area contributed by atoms with Crippen LogP contribution < -0.4 is 4.74 Å². The zero-order valence-corrected chi connectivity index (χ0v) is 33.8. The second-order valence-electron chi connectivity index (χ2n) is 16.3. The summed E-state index contributed by atoms with van der Waals surface area (Å²) in [6.45, 7) is 4.30. The van der Waals surface area contributed by atoms with Gasteiger partial charge in [0.2, 0.25) is 0 Å². The van der Waals surface area contributed by atoms with Crippen LogP contribution in [0.3, 0.4) is 0 Å². The van der Waals surface area contributed by atoms with E-state index in [1.54, 1.807) is 31.0 Å². The van der Waals surface area contributed by atoms with Gasteiger partial charge in [0.1, 0.15) is 40.9 Å². The highest BCUT2D eigenvalue weighted by atomic mass is 16.5. The molecule has 7 aromatic heterocycles. The van der Waals surface area contributed by atoms with Gasteiger partial charge in [-0.3, -0.25) is 29.5 Å². The summed E-state index contributed by atoms with van der Waals surface area (Å²) >= 11 is 0. The summed E-state index contributed by atoms with van der Waals surface area (Å²) in [5.74, 6) is 1.04. The van der Waals surface area contributed by atoms with Gasteiger partial charge < -0.3 is 14.0 Å². The Kier molecular flexibility index (Phi) is 8.21. The second kappa shape index (κ2) is 14.1. The van der Waals surface area contributed by atoms with Gasteiger partial charge in [0.05, 0.1) is 39.4 Å². The van der Waals surface area contributed by atoms with Crippen LogP contribution in [-0.4, -0.2) is 56.8 Å². The van der Waals surface area contributed by atoms with Crippen LogP contribution in [-0.2, 0) is 9.53 Å². The van der Waals surface area contributed by atoms with E-state index in [0.29, 0.717) is 40.1 Å². The summed E-state index contributed by atoms with van der Waals surface area (Å²) in [7, 11) is 0. The number of carbonyl (C=O) groups excluding carboxylic acids is 1. The average Bonchev–Trinajstić information content (AvgIpc) is 3.97. The smallest absolute Gasteiger partial charge is 0.343 e. The lowest BCUT2D eigenvalue weighted by Crippen LogP contribution is -2.31. The lowest BCUT2D eigenvalue weighted by Gasteiger charge is -2.24. The van der Waals surface area contributed by atoms with Crippen LogP contribution in [0.5, 0.6) is 5.75 Å². The molecular weight excluding hydrogens is 775 g/mol. The second-order valence-corrected chi connectivity index (χ2v) is 16.3. The SMILES string of the molecule is CC1C=C(OC(=O)C2=CC(c3ncnc4c3c3cnccc3n4C3=CC=CC(C)C3)=NC3c4ncc(-c5ccccc5)c(-n5c6ccncc6c6ccncc65)c4OC23)C=CC1. The molecule has 0 spiro atoms. The Hall–Kier alpha value is -7.86. The van der Waals surface area contributed by atoms with Gasteiger partial charge >= 0.3 is 5.97 Å². The third kappa shape index (κ3) is 5.59. The Labute approximate surface area is 355 Å². The molecule has 4 aliphatic rings. The van der Waals surface area contributed by atoms with E-state index in [2.05, 4.69) is 68.3 Å². The van der Waals surface area contributed by atoms with Crippen LogP contribution in [0.15, 0.2) is 157 Å². The molecule has 9 heterocycles. The van der Waals surface area contributed by atoms with E-state index in [1.165, 1.54) is 0 Å². The Bertz CT molecular complexity index is 3340. The molecule has 12 nitrogen and oxygen atoms in total. The summed E-state index contributed by atoms with van der Waals surface area (Å²) in [6.07, 6.45) is 29.3. The molecule has 0 fully saturated rings. The normalized spacial score (nSPS) is 20.4. The minimum Gasteiger partial charge on any atom is -0.479 e. The van der Waals surface area contributed by atoms with Gasteiger partial charge in [0.15, 0.2) is 11.9 Å². The molecule has 12 rings (SSSR count). The molecule has 0 bridgehead atoms. The van der Waals surface area contributed by atoms with E-state index < -0.39 is 18.1 Å². The van der Waals surface area contributed by atoms with Crippen LogP contribution >= 0.6 is 0 Å². The summed E-state index contributed by atoms with van der Waals surface area (Å²) in [6, 6.07) is 15.4. The van der Waals surface area contributed by atoms with Crippen molar-refractivity contribution >= 4 is 61.1 Å². The Morgan fingerprint density at radius 1 is 0.823 bits per heavy atom. The monoisotopic (exact) mass is 811 g/mol. The first-order chi connectivity index (χ1) is 30.5. The fourth-order valence-electron chi connectivity index (χ4n) is 9.44. The number of esters is 1. The first-order valence-electron chi connectivity index (χ1n) is 20.8. The number of carbonyl (C=O) groups is 1. The van der Waals surface area contributed by atoms with Gasteiger partial charge in [-0.1, -0.05) is 62.4 Å². The highest BCUT2D eigenvalue weighted by Gasteiger charge is 2.46. The minimum atomic E-state index is -0.863. The Morgan fingerprint density at radius 2 is 1.63 bits per heavy atom. The van der Waals surface area contributed by atoms with Crippen LogP contribution in [0.25, 0.3) is 66.3 Å². The van der Waals surface area contributed by atoms with Gasteiger partial charge in [-0.25, -0.2) is 14.8 Å². The van der Waals surface area contributed by atoms with Gasteiger partial charge in [-0.15, -0.1) is 0 Å². The van der Waals surface area contributed by atoms with Crippen LogP contribution in [0.2, 0.25) is 0 Å². The number of pyridine rings is 4. The number of allylic oxidation sites excluding steroid dienone is 8. The highest BCUT2D eigenvalue weighted by molar-refractivity contribution is 6.23. The minimum absolute atomic E-state index is 0.219. The molecule has 2 aliphatic heterocycles. The molecular formula is C50H37N9O3. The number of dihydropyridines is 1. The quantitative estimate of drug-likeness (QED) is 0.151. The first-order valence-corrected chi connectivity index (χ1v) is 20.8. The molecule has 4 atom stereocenters. The Morgan fingerprint density at radius 3 is 2.47 bits per heavy atom. The van der Waals surface area contributed by atoms with Crippen molar-refractivity contribution in [3.63, 3.8) is 0 Å². The van der Waals surface area contributed by atoms with E-state index >= 15 is 0 Å². The number of nitrogens with zero attached hydrogens (tertiary/aromatic N) is 9. The Balaban J connectivity index is 1.10. The molecule has 4 unspecified atom stereocenters. The molecule has 0 radical (unpaired) electrons. The molecule has 0 saturated heterocycles. The van der Waals surface area contributed by atoms with Crippen molar-refractivity contribution < 1.29 is 14.3 Å². The standard InChI is InChI=1S/C50H37N9O3/c1-28-8-6-12-31(20-28)58-40-16-19-52-24-37(40)42-43(55-27-56-49(42)58)38-22-34(50(60)61-32-13-7-9-29(2)21-32)47-45(57-38)44-48(62-47)46(35(25-54-44)30-10-4-3-5-11-30)59-39-15-18-51-23-36(39)33-14-17-53-26-41(33)59/h3-8,10-19,21-29,45,47H,9,20H2,1-2H3. The molecule has 0 saturated carbocycles. The molecule has 300 valence electrons. The topological polar surface area (TPSA) is 135 Å². The first kappa shape index (κ1) is 36.0. The van der Waals surface area contributed by atoms with Gasteiger partial charge in [0.25, 0.3) is 0 Å². The van der Waals surface area contributed by atoms with Crippen molar-refractivity contribution in [3.8, 4) is 22.6 Å². The van der Waals surface area contributed by atoms with Crippen LogP contribution in [0.4, 0.5) is 0 Å². The van der Waals surface area contributed by atoms with Crippen molar-refractivity contribution in [2.24, 2.45) is 16.8 Å². The van der Waals surface area contributed by atoms with E-state index in [4.69, 9.17) is 29.4 Å². The van der Waals surface area contributed by atoms with Crippen molar-refractivity contribution in [2.75, 3.05) is 0 Å². The van der Waals surface area contributed by atoms with Crippen molar-refractivity contribution in [2.45, 2.75) is 38.8 Å². The highest BCUT2D eigenvalue weighted by Crippen LogP contribution is 2.51. The molecule has 0 amide bonds. The predicted octanol–water partition coefficient (Wildman–Crippen LogP) is 9.62. The van der Waals surface area contributed by atoms with Crippen LogP contribution in [0, 0.1) is 11.8 Å². The number of aliphatic imine (C=N–C) groups is 1. The van der Waals surface area contributed by atoms with Crippen molar-refractivity contribution in [3.05, 3.63) is 163 Å². The largest absolute Gasteiger partial charge is 0.479 e. The third-order valence-corrected chi connectivity index (χ3v) is 12.2. The van der Waals surface area contributed by atoms with E-state index in [1.807, 2.05) is 79.4 Å². The van der Waals surface area contributed by atoms with E-state index in [9.17, 15) is 4.79 Å². The summed E-state index contributed by atoms with van der Waals surface area (Å²) in [4.78, 5) is 48.7. The number of aromatic nitrogens is 8. The van der Waals surface area contributed by atoms with Crippen molar-refractivity contribution in [1.82, 2.24) is 39.0 Å². The number of fused-ring (bicyclic) bond motifs is 9. The molecule has 1 aromatic carbocycles. The number of benzene rings is 1. The number of hydrogen-bond acceptors (Lipinski definition) is 10. The van der Waals surface area contributed by atoms with E-state index in [0.717, 1.165) is 79.1 Å². The average molecular weight is 812 g/mol. The maximum absolute atomic E-state index is 14.7. The maximum atomic E-state index is 14.7. The summed E-state index contributed by atoms with van der Waals surface area (Å²) in [5, 5.41) is 3.62. The predicted molar refractivity (Wildman–Crippen MR) is 238 cm³/mol.